The number of carbonyl (C=O) groups is 3. The number of anilines is 2. The van der Waals surface area contributed by atoms with Crippen molar-refractivity contribution in [2.24, 2.45) is 0 Å². The molecule has 27 heavy (non-hydrogen) atoms. The second-order valence-electron chi connectivity index (χ2n) is 6.98. The van der Waals surface area contributed by atoms with Gasteiger partial charge in [-0.25, -0.2) is 0 Å². The number of carbonyl (C=O) groups excluding carboxylic acids is 3. The number of aryl methyl sites for hydroxylation is 1. The average molecular weight is 363 g/mol. The van der Waals surface area contributed by atoms with E-state index in [2.05, 4.69) is 16.3 Å². The number of nitrogens with zero attached hydrogens (tertiary/aromatic N) is 2. The van der Waals surface area contributed by atoms with Gasteiger partial charge in [0.15, 0.2) is 0 Å². The molecular weight excluding hydrogens is 342 g/mol. The zero-order chi connectivity index (χ0) is 19.0. The van der Waals surface area contributed by atoms with Crippen molar-refractivity contribution in [3.8, 4) is 0 Å². The first-order chi connectivity index (χ1) is 13.0. The Kier molecular flexibility index (Phi) is 4.39. The minimum atomic E-state index is -0.423. The molecule has 3 amide bonds. The lowest BCUT2D eigenvalue weighted by Gasteiger charge is -2.20. The molecule has 6 nitrogen and oxygen atoms in total. The van der Waals surface area contributed by atoms with Gasteiger partial charge in [0, 0.05) is 24.5 Å². The van der Waals surface area contributed by atoms with Crippen LogP contribution in [0.1, 0.15) is 39.1 Å². The summed E-state index contributed by atoms with van der Waals surface area (Å²) in [6, 6.07) is 12.6. The van der Waals surface area contributed by atoms with Crippen LogP contribution < -0.4 is 10.2 Å². The number of hydrogen-bond donors (Lipinski definition) is 1. The molecule has 2 aromatic carbocycles. The highest BCUT2D eigenvalue weighted by Gasteiger charge is 2.36. The minimum Gasteiger partial charge on any atom is -0.371 e. The molecule has 2 aliphatic rings. The molecule has 2 heterocycles. The summed E-state index contributed by atoms with van der Waals surface area (Å²) in [5, 5.41) is 2.86. The molecule has 0 unspecified atom stereocenters. The monoisotopic (exact) mass is 363 g/mol. The Hall–Kier alpha value is -3.15. The van der Waals surface area contributed by atoms with Crippen molar-refractivity contribution in [1.82, 2.24) is 4.90 Å². The Labute approximate surface area is 157 Å². The molecular formula is C21H21N3O3. The molecule has 1 fully saturated rings. The summed E-state index contributed by atoms with van der Waals surface area (Å²) < 4.78 is 0. The Morgan fingerprint density at radius 1 is 1.00 bits per heavy atom. The Balaban J connectivity index is 1.48. The molecule has 2 aliphatic heterocycles. The van der Waals surface area contributed by atoms with Crippen molar-refractivity contribution in [1.29, 1.82) is 0 Å². The van der Waals surface area contributed by atoms with Crippen molar-refractivity contribution in [2.45, 2.75) is 19.8 Å². The van der Waals surface area contributed by atoms with Crippen LogP contribution in [0.4, 0.5) is 11.4 Å². The first-order valence-electron chi connectivity index (χ1n) is 9.15. The van der Waals surface area contributed by atoms with E-state index in [-0.39, 0.29) is 12.5 Å². The summed E-state index contributed by atoms with van der Waals surface area (Å²) in [4.78, 5) is 40.6. The minimum absolute atomic E-state index is 0.292. The Morgan fingerprint density at radius 2 is 1.63 bits per heavy atom. The van der Waals surface area contributed by atoms with Crippen LogP contribution in [0.15, 0.2) is 42.5 Å². The first-order valence-corrected chi connectivity index (χ1v) is 9.15. The number of hydrogen-bond acceptors (Lipinski definition) is 4. The van der Waals surface area contributed by atoms with Crippen molar-refractivity contribution >= 4 is 29.1 Å². The van der Waals surface area contributed by atoms with Gasteiger partial charge in [-0.2, -0.15) is 0 Å². The lowest BCUT2D eigenvalue weighted by molar-refractivity contribution is -0.116. The summed E-state index contributed by atoms with van der Waals surface area (Å²) >= 11 is 0. The fourth-order valence-corrected chi connectivity index (χ4v) is 3.63. The third kappa shape index (κ3) is 3.18. The van der Waals surface area contributed by atoms with E-state index in [0.717, 1.165) is 29.2 Å². The molecule has 0 aliphatic carbocycles. The van der Waals surface area contributed by atoms with E-state index in [1.54, 1.807) is 24.3 Å². The van der Waals surface area contributed by atoms with Crippen LogP contribution in [0.5, 0.6) is 0 Å². The van der Waals surface area contributed by atoms with Gasteiger partial charge in [-0.15, -0.1) is 0 Å². The van der Waals surface area contributed by atoms with Crippen molar-refractivity contribution in [2.75, 3.05) is 29.9 Å². The van der Waals surface area contributed by atoms with Gasteiger partial charge in [0.25, 0.3) is 11.8 Å². The van der Waals surface area contributed by atoms with E-state index in [1.807, 2.05) is 19.1 Å². The molecule has 0 atom stereocenters. The van der Waals surface area contributed by atoms with Gasteiger partial charge in [0.05, 0.1) is 11.1 Å². The van der Waals surface area contributed by atoms with Crippen LogP contribution in [0.25, 0.3) is 0 Å². The maximum absolute atomic E-state index is 12.5. The SMILES string of the molecule is Cc1ccc(N2CCCC2)cc1NC(=O)CN1C(=O)c2ccccc2C1=O. The average Bonchev–Trinajstić information content (AvgIpc) is 3.28. The molecule has 0 radical (unpaired) electrons. The van der Waals surface area contributed by atoms with E-state index < -0.39 is 11.8 Å². The summed E-state index contributed by atoms with van der Waals surface area (Å²) in [6.07, 6.45) is 2.35. The predicted octanol–water partition coefficient (Wildman–Crippen LogP) is 2.83. The zero-order valence-corrected chi connectivity index (χ0v) is 15.2. The van der Waals surface area contributed by atoms with E-state index >= 15 is 0 Å². The van der Waals surface area contributed by atoms with Gasteiger partial charge in [0.1, 0.15) is 6.54 Å². The van der Waals surface area contributed by atoms with Crippen LogP contribution in [0, 0.1) is 6.92 Å². The van der Waals surface area contributed by atoms with Gasteiger partial charge in [-0.1, -0.05) is 18.2 Å². The predicted molar refractivity (Wildman–Crippen MR) is 103 cm³/mol. The highest BCUT2D eigenvalue weighted by molar-refractivity contribution is 6.22. The van der Waals surface area contributed by atoms with E-state index in [9.17, 15) is 14.4 Å². The van der Waals surface area contributed by atoms with Crippen LogP contribution in [0.3, 0.4) is 0 Å². The van der Waals surface area contributed by atoms with Gasteiger partial charge < -0.3 is 10.2 Å². The van der Waals surface area contributed by atoms with Gasteiger partial charge in [0.2, 0.25) is 5.91 Å². The summed E-state index contributed by atoms with van der Waals surface area (Å²) in [7, 11) is 0. The van der Waals surface area contributed by atoms with E-state index in [1.165, 1.54) is 12.8 Å². The topological polar surface area (TPSA) is 69.7 Å². The van der Waals surface area contributed by atoms with Crippen LogP contribution in [0.2, 0.25) is 0 Å². The van der Waals surface area contributed by atoms with Crippen LogP contribution >= 0.6 is 0 Å². The third-order valence-corrected chi connectivity index (χ3v) is 5.15. The maximum Gasteiger partial charge on any atom is 0.262 e. The third-order valence-electron chi connectivity index (χ3n) is 5.15. The first kappa shape index (κ1) is 17.3. The van der Waals surface area contributed by atoms with Crippen molar-refractivity contribution in [3.05, 3.63) is 59.2 Å². The highest BCUT2D eigenvalue weighted by atomic mass is 16.2. The second kappa shape index (κ2) is 6.87. The molecule has 1 saturated heterocycles. The summed E-state index contributed by atoms with van der Waals surface area (Å²) in [6.45, 7) is 3.67. The lowest BCUT2D eigenvalue weighted by Crippen LogP contribution is -2.37. The number of rotatable bonds is 4. The summed E-state index contributed by atoms with van der Waals surface area (Å²) in [5.74, 6) is -1.23. The van der Waals surface area contributed by atoms with Crippen molar-refractivity contribution in [3.63, 3.8) is 0 Å². The highest BCUT2D eigenvalue weighted by Crippen LogP contribution is 2.27. The largest absolute Gasteiger partial charge is 0.371 e. The molecule has 6 heteroatoms. The van der Waals surface area contributed by atoms with Crippen LogP contribution in [-0.4, -0.2) is 42.3 Å². The van der Waals surface area contributed by atoms with Gasteiger partial charge in [-0.05, 0) is 49.6 Å². The number of nitrogens with one attached hydrogen (secondary N) is 1. The fourth-order valence-electron chi connectivity index (χ4n) is 3.63. The smallest absolute Gasteiger partial charge is 0.262 e. The number of amides is 3. The number of imide groups is 1. The number of benzene rings is 2. The van der Waals surface area contributed by atoms with Gasteiger partial charge >= 0.3 is 0 Å². The second-order valence-corrected chi connectivity index (χ2v) is 6.98. The molecule has 1 N–H and O–H groups in total. The van der Waals surface area contributed by atoms with Gasteiger partial charge in [-0.3, -0.25) is 19.3 Å². The normalized spacial score (nSPS) is 16.0. The summed E-state index contributed by atoms with van der Waals surface area (Å²) in [5.41, 5.74) is 3.42. The zero-order valence-electron chi connectivity index (χ0n) is 15.2. The molecule has 0 aromatic heterocycles. The molecule has 2 aromatic rings. The maximum atomic E-state index is 12.5. The fraction of sp³-hybridized carbons (Fsp3) is 0.286. The lowest BCUT2D eigenvalue weighted by atomic mass is 10.1. The molecule has 0 spiro atoms. The molecule has 0 bridgehead atoms. The molecule has 0 saturated carbocycles. The standard InChI is InChI=1S/C21H21N3O3/c1-14-8-9-15(23-10-4-5-11-23)12-18(14)22-19(25)13-24-20(26)16-6-2-3-7-17(16)21(24)27/h2-3,6-9,12H,4-5,10-11,13H2,1H3,(H,22,25). The van der Waals surface area contributed by atoms with E-state index in [0.29, 0.717) is 16.8 Å². The van der Waals surface area contributed by atoms with E-state index in [4.69, 9.17) is 0 Å². The molecule has 138 valence electrons. The Morgan fingerprint density at radius 3 is 2.26 bits per heavy atom. The number of fused-ring (bicyclic) bond motifs is 1. The Bertz CT molecular complexity index is 897. The van der Waals surface area contributed by atoms with Crippen LogP contribution in [-0.2, 0) is 4.79 Å². The van der Waals surface area contributed by atoms with Crippen molar-refractivity contribution < 1.29 is 14.4 Å². The molecule has 4 rings (SSSR count). The quantitative estimate of drug-likeness (QED) is 0.848.